The molecule has 1 heterocycles. The third kappa shape index (κ3) is 3.28. The minimum atomic E-state index is -0.533. The van der Waals surface area contributed by atoms with Crippen molar-refractivity contribution in [2.75, 3.05) is 5.43 Å². The number of nitrogens with zero attached hydrogens (tertiary/aromatic N) is 2. The third-order valence-corrected chi connectivity index (χ3v) is 2.41. The number of nitro groups is 1. The molecule has 0 unspecified atom stereocenters. The summed E-state index contributed by atoms with van der Waals surface area (Å²) in [4.78, 5) is 14.2. The Bertz CT molecular complexity index is 420. The van der Waals surface area contributed by atoms with Crippen LogP contribution in [0.15, 0.2) is 12.1 Å². The number of nitrogen functional groups attached to an aromatic ring is 1. The van der Waals surface area contributed by atoms with Crippen LogP contribution in [0, 0.1) is 10.1 Å². The standard InChI is InChI=1S/C10H16N4O3/c1-4-10(2,3)17-9-7(14(15)16)5-6-8(12-9)13-11/h5-6H,4,11H2,1-3H3,(H,12,13). The Hall–Kier alpha value is -1.89. The number of hydrogen-bond acceptors (Lipinski definition) is 6. The number of pyridine rings is 1. The molecule has 0 fully saturated rings. The van der Waals surface area contributed by atoms with Gasteiger partial charge >= 0.3 is 5.69 Å². The fraction of sp³-hybridized carbons (Fsp3) is 0.500. The fourth-order valence-electron chi connectivity index (χ4n) is 1.06. The quantitative estimate of drug-likeness (QED) is 0.462. The van der Waals surface area contributed by atoms with Gasteiger partial charge in [-0.15, -0.1) is 0 Å². The maximum absolute atomic E-state index is 10.8. The molecule has 17 heavy (non-hydrogen) atoms. The minimum Gasteiger partial charge on any atom is -0.467 e. The second kappa shape index (κ2) is 4.96. The van der Waals surface area contributed by atoms with Crippen LogP contribution in [0.3, 0.4) is 0 Å². The second-order valence-electron chi connectivity index (χ2n) is 4.14. The van der Waals surface area contributed by atoms with Crippen LogP contribution in [0.25, 0.3) is 0 Å². The highest BCUT2D eigenvalue weighted by atomic mass is 16.6. The molecular formula is C10H16N4O3. The zero-order valence-electron chi connectivity index (χ0n) is 10.1. The molecule has 0 radical (unpaired) electrons. The van der Waals surface area contributed by atoms with E-state index in [1.807, 2.05) is 20.8 Å². The van der Waals surface area contributed by atoms with E-state index in [2.05, 4.69) is 10.4 Å². The molecule has 0 spiro atoms. The van der Waals surface area contributed by atoms with Crippen molar-refractivity contribution < 1.29 is 9.66 Å². The molecule has 1 rings (SSSR count). The van der Waals surface area contributed by atoms with Crippen LogP contribution >= 0.6 is 0 Å². The first kappa shape index (κ1) is 13.2. The van der Waals surface area contributed by atoms with Crippen LogP contribution in [0.2, 0.25) is 0 Å². The van der Waals surface area contributed by atoms with Gasteiger partial charge in [0, 0.05) is 6.07 Å². The molecule has 0 aliphatic carbocycles. The van der Waals surface area contributed by atoms with Crippen LogP contribution in [0.4, 0.5) is 11.5 Å². The van der Waals surface area contributed by atoms with E-state index in [4.69, 9.17) is 10.6 Å². The molecule has 0 aliphatic rings. The lowest BCUT2D eigenvalue weighted by Crippen LogP contribution is -2.28. The molecule has 7 heteroatoms. The summed E-state index contributed by atoms with van der Waals surface area (Å²) in [5.41, 5.74) is 1.63. The summed E-state index contributed by atoms with van der Waals surface area (Å²) >= 11 is 0. The van der Waals surface area contributed by atoms with Gasteiger partial charge in [0.05, 0.1) is 4.92 Å². The van der Waals surface area contributed by atoms with Crippen molar-refractivity contribution >= 4 is 11.5 Å². The van der Waals surface area contributed by atoms with Gasteiger partial charge in [-0.3, -0.25) is 10.1 Å². The molecule has 0 aromatic carbocycles. The highest BCUT2D eigenvalue weighted by molar-refractivity contribution is 5.48. The molecule has 0 amide bonds. The molecule has 7 nitrogen and oxygen atoms in total. The molecule has 0 saturated heterocycles. The smallest absolute Gasteiger partial charge is 0.331 e. The van der Waals surface area contributed by atoms with Gasteiger partial charge in [0.2, 0.25) is 0 Å². The van der Waals surface area contributed by atoms with Gasteiger partial charge in [-0.05, 0) is 26.3 Å². The van der Waals surface area contributed by atoms with E-state index in [-0.39, 0.29) is 11.6 Å². The predicted octanol–water partition coefficient (Wildman–Crippen LogP) is 1.84. The maximum Gasteiger partial charge on any atom is 0.331 e. The van der Waals surface area contributed by atoms with E-state index >= 15 is 0 Å². The molecule has 0 saturated carbocycles. The molecule has 1 aromatic rings. The average Bonchev–Trinajstić information content (AvgIpc) is 2.28. The van der Waals surface area contributed by atoms with Crippen molar-refractivity contribution in [3.05, 3.63) is 22.2 Å². The van der Waals surface area contributed by atoms with Gasteiger partial charge in [-0.25, -0.2) is 5.84 Å². The van der Waals surface area contributed by atoms with Crippen molar-refractivity contribution in [1.29, 1.82) is 0 Å². The number of anilines is 1. The molecule has 94 valence electrons. The average molecular weight is 240 g/mol. The molecule has 0 atom stereocenters. The Balaban J connectivity index is 3.13. The van der Waals surface area contributed by atoms with E-state index in [1.165, 1.54) is 12.1 Å². The number of hydrazine groups is 1. The number of nitrogens with one attached hydrogen (secondary N) is 1. The van der Waals surface area contributed by atoms with E-state index in [9.17, 15) is 10.1 Å². The largest absolute Gasteiger partial charge is 0.467 e. The predicted molar refractivity (Wildman–Crippen MR) is 63.7 cm³/mol. The van der Waals surface area contributed by atoms with Gasteiger partial charge in [-0.1, -0.05) is 6.92 Å². The minimum absolute atomic E-state index is 0.0303. The summed E-state index contributed by atoms with van der Waals surface area (Å²) in [6.45, 7) is 5.60. The first-order valence-electron chi connectivity index (χ1n) is 5.20. The summed E-state index contributed by atoms with van der Waals surface area (Å²) in [6.07, 6.45) is 0.701. The van der Waals surface area contributed by atoms with Crippen LogP contribution in [-0.2, 0) is 0 Å². The zero-order valence-corrected chi connectivity index (χ0v) is 10.1. The number of ether oxygens (including phenoxy) is 1. The number of nitrogens with two attached hydrogens (primary N) is 1. The molecular weight excluding hydrogens is 224 g/mol. The van der Waals surface area contributed by atoms with Crippen molar-refractivity contribution in [1.82, 2.24) is 4.98 Å². The second-order valence-corrected chi connectivity index (χ2v) is 4.14. The SMILES string of the molecule is CCC(C)(C)Oc1nc(NN)ccc1[N+](=O)[O-]. The summed E-state index contributed by atoms with van der Waals surface area (Å²) in [7, 11) is 0. The summed E-state index contributed by atoms with van der Waals surface area (Å²) in [6, 6.07) is 2.73. The van der Waals surface area contributed by atoms with E-state index in [0.717, 1.165) is 0 Å². The summed E-state index contributed by atoms with van der Waals surface area (Å²) in [5.74, 6) is 5.49. The Morgan fingerprint density at radius 2 is 2.24 bits per heavy atom. The Kier molecular flexibility index (Phi) is 3.84. The Labute approximate surface area is 99.1 Å². The van der Waals surface area contributed by atoms with Crippen LogP contribution in [0.1, 0.15) is 27.2 Å². The molecule has 0 bridgehead atoms. The Morgan fingerprint density at radius 3 is 2.71 bits per heavy atom. The lowest BCUT2D eigenvalue weighted by Gasteiger charge is -2.23. The summed E-state index contributed by atoms with van der Waals surface area (Å²) in [5, 5.41) is 10.8. The van der Waals surface area contributed by atoms with Crippen molar-refractivity contribution in [2.24, 2.45) is 5.84 Å². The molecule has 1 aromatic heterocycles. The van der Waals surface area contributed by atoms with E-state index in [0.29, 0.717) is 12.2 Å². The molecule has 3 N–H and O–H groups in total. The van der Waals surface area contributed by atoms with Crippen LogP contribution in [0.5, 0.6) is 5.88 Å². The van der Waals surface area contributed by atoms with E-state index < -0.39 is 10.5 Å². The lowest BCUT2D eigenvalue weighted by molar-refractivity contribution is -0.386. The summed E-state index contributed by atoms with van der Waals surface area (Å²) < 4.78 is 5.54. The topological polar surface area (TPSA) is 103 Å². The van der Waals surface area contributed by atoms with Crippen LogP contribution < -0.4 is 16.0 Å². The highest BCUT2D eigenvalue weighted by Gasteiger charge is 2.25. The normalized spacial score (nSPS) is 11.1. The van der Waals surface area contributed by atoms with Crippen molar-refractivity contribution in [2.45, 2.75) is 32.8 Å². The highest BCUT2D eigenvalue weighted by Crippen LogP contribution is 2.30. The van der Waals surface area contributed by atoms with Crippen LogP contribution in [-0.4, -0.2) is 15.5 Å². The monoisotopic (exact) mass is 240 g/mol. The first-order chi connectivity index (χ1) is 7.89. The number of rotatable bonds is 5. The van der Waals surface area contributed by atoms with Gasteiger partial charge < -0.3 is 10.2 Å². The number of aromatic nitrogens is 1. The maximum atomic E-state index is 10.8. The van der Waals surface area contributed by atoms with Gasteiger partial charge in [0.15, 0.2) is 0 Å². The van der Waals surface area contributed by atoms with Gasteiger partial charge in [0.1, 0.15) is 11.4 Å². The lowest BCUT2D eigenvalue weighted by atomic mass is 10.1. The van der Waals surface area contributed by atoms with E-state index in [1.54, 1.807) is 0 Å². The zero-order chi connectivity index (χ0) is 13.1. The molecule has 0 aliphatic heterocycles. The fourth-order valence-corrected chi connectivity index (χ4v) is 1.06. The van der Waals surface area contributed by atoms with Gasteiger partial charge in [0.25, 0.3) is 5.88 Å². The van der Waals surface area contributed by atoms with Crippen molar-refractivity contribution in [3.63, 3.8) is 0 Å². The van der Waals surface area contributed by atoms with Gasteiger partial charge in [-0.2, -0.15) is 4.98 Å². The third-order valence-electron chi connectivity index (χ3n) is 2.41. The number of hydrogen-bond donors (Lipinski definition) is 2. The van der Waals surface area contributed by atoms with Crippen molar-refractivity contribution in [3.8, 4) is 5.88 Å². The Morgan fingerprint density at radius 1 is 1.59 bits per heavy atom. The first-order valence-corrected chi connectivity index (χ1v) is 5.20.